The van der Waals surface area contributed by atoms with Crippen molar-refractivity contribution in [1.82, 2.24) is 0 Å². The van der Waals surface area contributed by atoms with Crippen molar-refractivity contribution in [2.24, 2.45) is 5.92 Å². The molecule has 2 bridgehead atoms. The van der Waals surface area contributed by atoms with Crippen LogP contribution in [0.2, 0.25) is 0 Å². The zero-order valence-electron chi connectivity index (χ0n) is 5.56. The molecule has 0 radical (unpaired) electrons. The fourth-order valence-electron chi connectivity index (χ4n) is 2.36. The van der Waals surface area contributed by atoms with Gasteiger partial charge in [-0.05, 0) is 6.42 Å². The minimum absolute atomic E-state index is 0.00347. The van der Waals surface area contributed by atoms with E-state index in [1.54, 1.807) is 0 Å². The highest BCUT2D eigenvalue weighted by molar-refractivity contribution is 5.05. The van der Waals surface area contributed by atoms with Crippen LogP contribution in [0.25, 0.3) is 0 Å². The van der Waals surface area contributed by atoms with Crippen LogP contribution in [0.3, 0.4) is 0 Å². The maximum Gasteiger partial charge on any atom is 0.112 e. The monoisotopic (exact) mass is 142 g/mol. The Hall–Kier alpha value is -0.120. The summed E-state index contributed by atoms with van der Waals surface area (Å²) in [7, 11) is 0. The standard InChI is InChI=1S/C7H10O3/c8-5-4-1-3-2-9-7(5)6(3)10-4/h3-8H,1-2H2/t3-,4-,5-,6+,7-/m0/s1. The van der Waals surface area contributed by atoms with E-state index in [4.69, 9.17) is 9.47 Å². The van der Waals surface area contributed by atoms with Crippen LogP contribution in [-0.2, 0) is 9.47 Å². The van der Waals surface area contributed by atoms with Crippen LogP contribution in [-0.4, -0.2) is 36.1 Å². The third kappa shape index (κ3) is 0.447. The maximum atomic E-state index is 9.46. The average Bonchev–Trinajstić information content (AvgIpc) is 2.43. The average molecular weight is 142 g/mol. The zero-order chi connectivity index (χ0) is 6.72. The molecular formula is C7H10O3. The van der Waals surface area contributed by atoms with E-state index in [0.717, 1.165) is 13.0 Å². The summed E-state index contributed by atoms with van der Waals surface area (Å²) >= 11 is 0. The maximum absolute atomic E-state index is 9.46. The molecule has 3 fully saturated rings. The topological polar surface area (TPSA) is 38.7 Å². The summed E-state index contributed by atoms with van der Waals surface area (Å²) in [4.78, 5) is 0. The van der Waals surface area contributed by atoms with Crippen molar-refractivity contribution in [3.8, 4) is 0 Å². The van der Waals surface area contributed by atoms with Gasteiger partial charge < -0.3 is 14.6 Å². The highest BCUT2D eigenvalue weighted by atomic mass is 16.6. The van der Waals surface area contributed by atoms with Crippen molar-refractivity contribution >= 4 is 0 Å². The highest BCUT2D eigenvalue weighted by Crippen LogP contribution is 2.45. The lowest BCUT2D eigenvalue weighted by Gasteiger charge is -2.17. The molecule has 3 rings (SSSR count). The molecular weight excluding hydrogens is 132 g/mol. The van der Waals surface area contributed by atoms with E-state index in [-0.39, 0.29) is 24.4 Å². The Balaban J connectivity index is 2.00. The molecule has 0 spiro atoms. The van der Waals surface area contributed by atoms with Crippen LogP contribution in [0.5, 0.6) is 0 Å². The molecule has 3 aliphatic heterocycles. The molecule has 56 valence electrons. The van der Waals surface area contributed by atoms with Gasteiger partial charge in [-0.25, -0.2) is 0 Å². The smallest absolute Gasteiger partial charge is 0.112 e. The summed E-state index contributed by atoms with van der Waals surface area (Å²) in [5.41, 5.74) is 0. The van der Waals surface area contributed by atoms with Crippen LogP contribution >= 0.6 is 0 Å². The van der Waals surface area contributed by atoms with Gasteiger partial charge in [-0.1, -0.05) is 0 Å². The molecule has 0 aromatic heterocycles. The first kappa shape index (κ1) is 5.52. The summed E-state index contributed by atoms with van der Waals surface area (Å²) in [6, 6.07) is 0. The van der Waals surface area contributed by atoms with Gasteiger partial charge in [-0.15, -0.1) is 0 Å². The first-order chi connectivity index (χ1) is 4.86. The normalized spacial score (nSPS) is 63.9. The van der Waals surface area contributed by atoms with Gasteiger partial charge in [0.1, 0.15) is 12.2 Å². The highest BCUT2D eigenvalue weighted by Gasteiger charge is 2.58. The quantitative estimate of drug-likeness (QED) is 0.497. The van der Waals surface area contributed by atoms with Crippen LogP contribution in [0, 0.1) is 5.92 Å². The Morgan fingerprint density at radius 3 is 2.90 bits per heavy atom. The molecule has 5 atom stereocenters. The fourth-order valence-corrected chi connectivity index (χ4v) is 2.36. The zero-order valence-corrected chi connectivity index (χ0v) is 5.56. The van der Waals surface area contributed by atoms with E-state index < -0.39 is 0 Å². The predicted molar refractivity (Wildman–Crippen MR) is 32.5 cm³/mol. The number of hydrogen-bond donors (Lipinski definition) is 1. The summed E-state index contributed by atoms with van der Waals surface area (Å²) in [6.07, 6.45) is 0.970. The van der Waals surface area contributed by atoms with E-state index in [1.165, 1.54) is 0 Å². The van der Waals surface area contributed by atoms with Gasteiger partial charge in [0, 0.05) is 5.92 Å². The first-order valence-corrected chi connectivity index (χ1v) is 3.81. The van der Waals surface area contributed by atoms with Crippen molar-refractivity contribution in [2.45, 2.75) is 30.8 Å². The van der Waals surface area contributed by atoms with Gasteiger partial charge in [-0.3, -0.25) is 0 Å². The molecule has 1 N–H and O–H groups in total. The molecule has 0 aliphatic carbocycles. The molecule has 0 aromatic carbocycles. The van der Waals surface area contributed by atoms with E-state index >= 15 is 0 Å². The number of aliphatic hydroxyl groups excluding tert-OH is 1. The molecule has 0 aromatic rings. The number of hydrogen-bond acceptors (Lipinski definition) is 3. The summed E-state index contributed by atoms with van der Waals surface area (Å²) in [5, 5.41) is 9.46. The first-order valence-electron chi connectivity index (χ1n) is 3.81. The molecule has 3 nitrogen and oxygen atoms in total. The second kappa shape index (κ2) is 1.55. The van der Waals surface area contributed by atoms with Crippen LogP contribution in [0.15, 0.2) is 0 Å². The van der Waals surface area contributed by atoms with Gasteiger partial charge >= 0.3 is 0 Å². The minimum Gasteiger partial charge on any atom is -0.388 e. The minimum atomic E-state index is -0.344. The molecule has 3 heterocycles. The predicted octanol–water partition coefficient (Wildman–Crippen LogP) is -0.467. The van der Waals surface area contributed by atoms with Gasteiger partial charge in [0.05, 0.1) is 18.8 Å². The molecule has 3 saturated heterocycles. The van der Waals surface area contributed by atoms with Crippen LogP contribution in [0.1, 0.15) is 6.42 Å². The van der Waals surface area contributed by atoms with Crippen molar-refractivity contribution in [1.29, 1.82) is 0 Å². The summed E-state index contributed by atoms with van der Waals surface area (Å²) in [6.45, 7) is 0.795. The number of fused-ring (bicyclic) bond motifs is 1. The van der Waals surface area contributed by atoms with Crippen LogP contribution in [0.4, 0.5) is 0 Å². The lowest BCUT2D eigenvalue weighted by Crippen LogP contribution is -2.36. The number of ether oxygens (including phenoxy) is 2. The lowest BCUT2D eigenvalue weighted by atomic mass is 9.89. The molecule has 0 unspecified atom stereocenters. The Bertz CT molecular complexity index is 168. The number of aliphatic hydroxyl groups is 1. The van der Waals surface area contributed by atoms with Gasteiger partial charge in [0.25, 0.3) is 0 Å². The summed E-state index contributed by atoms with van der Waals surface area (Å²) < 4.78 is 10.9. The van der Waals surface area contributed by atoms with E-state index in [1.807, 2.05) is 0 Å². The van der Waals surface area contributed by atoms with Crippen molar-refractivity contribution in [3.05, 3.63) is 0 Å². The Kier molecular flexibility index (Phi) is 0.854. The lowest BCUT2D eigenvalue weighted by molar-refractivity contribution is 0.00896. The van der Waals surface area contributed by atoms with Crippen molar-refractivity contribution in [3.63, 3.8) is 0 Å². The van der Waals surface area contributed by atoms with Gasteiger partial charge in [0.2, 0.25) is 0 Å². The molecule has 0 amide bonds. The fraction of sp³-hybridized carbons (Fsp3) is 1.00. The summed E-state index contributed by atoms with van der Waals surface area (Å²) in [5.74, 6) is 0.582. The number of rotatable bonds is 0. The Morgan fingerprint density at radius 2 is 2.20 bits per heavy atom. The Morgan fingerprint density at radius 1 is 1.30 bits per heavy atom. The second-order valence-electron chi connectivity index (χ2n) is 3.42. The molecule has 10 heavy (non-hydrogen) atoms. The molecule has 0 saturated carbocycles. The largest absolute Gasteiger partial charge is 0.388 e. The van der Waals surface area contributed by atoms with Crippen molar-refractivity contribution < 1.29 is 14.6 Å². The SMILES string of the molecule is O[C@@H]1[C@@H]2OC[C@@H]3C[C@@H]1O[C@H]32. The van der Waals surface area contributed by atoms with Gasteiger partial charge in [0.15, 0.2) is 0 Å². The molecule has 3 aliphatic rings. The van der Waals surface area contributed by atoms with E-state index in [2.05, 4.69) is 0 Å². The third-order valence-electron chi connectivity index (χ3n) is 2.88. The third-order valence-corrected chi connectivity index (χ3v) is 2.88. The van der Waals surface area contributed by atoms with Crippen LogP contribution < -0.4 is 0 Å². The second-order valence-corrected chi connectivity index (χ2v) is 3.42. The Labute approximate surface area is 58.9 Å². The molecule has 3 heteroatoms. The van der Waals surface area contributed by atoms with Gasteiger partial charge in [-0.2, -0.15) is 0 Å². The van der Waals surface area contributed by atoms with E-state index in [0.29, 0.717) is 5.92 Å². The van der Waals surface area contributed by atoms with E-state index in [9.17, 15) is 5.11 Å². The van der Waals surface area contributed by atoms with Crippen molar-refractivity contribution in [2.75, 3.05) is 6.61 Å².